The van der Waals surface area contributed by atoms with Crippen molar-refractivity contribution in [3.63, 3.8) is 0 Å². The van der Waals surface area contributed by atoms with Gasteiger partial charge in [-0.15, -0.1) is 12.4 Å². The molecule has 2 nitrogen and oxygen atoms in total. The number of nitrogens with zero attached hydrogens (tertiary/aromatic N) is 1. The molecule has 3 atom stereocenters. The quantitative estimate of drug-likeness (QED) is 0.704. The van der Waals surface area contributed by atoms with Crippen molar-refractivity contribution in [2.24, 2.45) is 11.8 Å². The molecule has 2 aromatic carbocycles. The fourth-order valence-corrected chi connectivity index (χ4v) is 5.50. The van der Waals surface area contributed by atoms with E-state index in [1.807, 2.05) is 7.11 Å². The Morgan fingerprint density at radius 3 is 2.65 bits per heavy atom. The summed E-state index contributed by atoms with van der Waals surface area (Å²) in [6.45, 7) is 2.30. The van der Waals surface area contributed by atoms with E-state index in [-0.39, 0.29) is 12.4 Å². The van der Waals surface area contributed by atoms with Crippen molar-refractivity contribution in [1.82, 2.24) is 4.90 Å². The summed E-state index contributed by atoms with van der Waals surface area (Å²) in [6.07, 6.45) is 6.92. The first-order valence-electron chi connectivity index (χ1n) is 9.82. The molecule has 1 aliphatic heterocycles. The first kappa shape index (κ1) is 18.0. The van der Waals surface area contributed by atoms with Gasteiger partial charge in [0.25, 0.3) is 0 Å². The van der Waals surface area contributed by atoms with Crippen LogP contribution in [0.15, 0.2) is 48.0 Å². The molecule has 5 rings (SSSR count). The third-order valence-electron chi connectivity index (χ3n) is 6.69. The van der Waals surface area contributed by atoms with Crippen LogP contribution in [-0.2, 0) is 4.74 Å². The van der Waals surface area contributed by atoms with Crippen molar-refractivity contribution in [3.8, 4) is 0 Å². The maximum Gasteiger partial charge on any atom is 0.110 e. The zero-order valence-corrected chi connectivity index (χ0v) is 16.3. The third-order valence-corrected chi connectivity index (χ3v) is 6.69. The van der Waals surface area contributed by atoms with Crippen LogP contribution >= 0.6 is 12.4 Å². The van der Waals surface area contributed by atoms with Crippen LogP contribution in [0.2, 0.25) is 0 Å². The minimum atomic E-state index is 0. The number of allylic oxidation sites excluding steroid dienone is 1. The van der Waals surface area contributed by atoms with Crippen molar-refractivity contribution in [1.29, 1.82) is 0 Å². The molecular formula is C23H28ClNO. The standard InChI is InChI=1S/C23H27NO.ClH/c1-25-22-7-4-12-24(22)15-21-18-9-11-20(14-18)23(21)19-10-8-16-5-2-3-6-17(16)13-19;/h2-3,5-6,8,10,13,18,20,22H,4,7,9,11-12,14-15H2,1H3;1H/t18?,20?,22-;/m0./s1. The number of methoxy groups -OCH3 is 1. The van der Waals surface area contributed by atoms with Gasteiger partial charge < -0.3 is 4.74 Å². The van der Waals surface area contributed by atoms with Crippen LogP contribution in [0.1, 0.15) is 37.7 Å². The Kier molecular flexibility index (Phi) is 5.09. The number of hydrogen-bond donors (Lipinski definition) is 0. The first-order valence-corrected chi connectivity index (χ1v) is 9.82. The van der Waals surface area contributed by atoms with E-state index in [9.17, 15) is 0 Å². The van der Waals surface area contributed by atoms with Crippen LogP contribution in [0.3, 0.4) is 0 Å². The van der Waals surface area contributed by atoms with E-state index >= 15 is 0 Å². The molecule has 2 aliphatic carbocycles. The number of halogens is 1. The normalized spacial score (nSPS) is 28.1. The topological polar surface area (TPSA) is 12.5 Å². The largest absolute Gasteiger partial charge is 0.366 e. The van der Waals surface area contributed by atoms with E-state index < -0.39 is 0 Å². The first-order chi connectivity index (χ1) is 12.3. The Morgan fingerprint density at radius 1 is 1.00 bits per heavy atom. The lowest BCUT2D eigenvalue weighted by atomic mass is 9.86. The molecule has 0 amide bonds. The molecule has 2 aromatic rings. The van der Waals surface area contributed by atoms with E-state index in [4.69, 9.17) is 4.74 Å². The predicted molar refractivity (Wildman–Crippen MR) is 111 cm³/mol. The van der Waals surface area contributed by atoms with Gasteiger partial charge in [0.15, 0.2) is 0 Å². The zero-order valence-electron chi connectivity index (χ0n) is 15.5. The van der Waals surface area contributed by atoms with Crippen molar-refractivity contribution in [2.45, 2.75) is 38.3 Å². The number of hydrogen-bond acceptors (Lipinski definition) is 2. The minimum Gasteiger partial charge on any atom is -0.366 e. The molecule has 26 heavy (non-hydrogen) atoms. The van der Waals surface area contributed by atoms with E-state index in [1.54, 1.807) is 11.1 Å². The number of ether oxygens (including phenoxy) is 1. The van der Waals surface area contributed by atoms with Crippen LogP contribution in [-0.4, -0.2) is 31.3 Å². The summed E-state index contributed by atoms with van der Waals surface area (Å²) in [7, 11) is 1.86. The van der Waals surface area contributed by atoms with Gasteiger partial charge in [-0.25, -0.2) is 0 Å². The third kappa shape index (κ3) is 2.98. The summed E-state index contributed by atoms with van der Waals surface area (Å²) in [5, 5.41) is 2.71. The fraction of sp³-hybridized carbons (Fsp3) is 0.478. The van der Waals surface area contributed by atoms with Gasteiger partial charge in [-0.1, -0.05) is 36.4 Å². The zero-order chi connectivity index (χ0) is 16.8. The monoisotopic (exact) mass is 369 g/mol. The Morgan fingerprint density at radius 2 is 1.81 bits per heavy atom. The summed E-state index contributed by atoms with van der Waals surface area (Å²) < 4.78 is 5.72. The van der Waals surface area contributed by atoms with Gasteiger partial charge in [-0.3, -0.25) is 4.90 Å². The second kappa shape index (κ2) is 7.34. The minimum absolute atomic E-state index is 0. The van der Waals surface area contributed by atoms with Crippen LogP contribution in [0.25, 0.3) is 16.3 Å². The van der Waals surface area contributed by atoms with Crippen molar-refractivity contribution < 1.29 is 4.74 Å². The van der Waals surface area contributed by atoms with E-state index in [1.165, 1.54) is 55.0 Å². The maximum absolute atomic E-state index is 5.72. The van der Waals surface area contributed by atoms with Crippen molar-refractivity contribution >= 4 is 28.8 Å². The molecule has 3 aliphatic rings. The lowest BCUT2D eigenvalue weighted by Crippen LogP contribution is -2.33. The lowest BCUT2D eigenvalue weighted by Gasteiger charge is -2.28. The highest BCUT2D eigenvalue weighted by Crippen LogP contribution is 2.53. The Hall–Kier alpha value is -1.35. The summed E-state index contributed by atoms with van der Waals surface area (Å²) >= 11 is 0. The van der Waals surface area contributed by atoms with Gasteiger partial charge in [0.05, 0.1) is 0 Å². The van der Waals surface area contributed by atoms with Crippen LogP contribution in [0, 0.1) is 11.8 Å². The highest BCUT2D eigenvalue weighted by molar-refractivity contribution is 5.87. The van der Waals surface area contributed by atoms with E-state index in [0.717, 1.165) is 18.4 Å². The molecule has 0 radical (unpaired) electrons. The number of fused-ring (bicyclic) bond motifs is 3. The van der Waals surface area contributed by atoms with E-state index in [0.29, 0.717) is 6.23 Å². The molecule has 1 saturated heterocycles. The maximum atomic E-state index is 5.72. The molecule has 2 fully saturated rings. The summed E-state index contributed by atoms with van der Waals surface area (Å²) in [5.41, 5.74) is 4.85. The number of likely N-dealkylation sites (tertiary alicyclic amines) is 1. The number of benzene rings is 2. The summed E-state index contributed by atoms with van der Waals surface area (Å²) in [5.74, 6) is 1.59. The molecule has 2 bridgehead atoms. The molecule has 2 unspecified atom stereocenters. The van der Waals surface area contributed by atoms with Gasteiger partial charge in [0, 0.05) is 20.2 Å². The fourth-order valence-electron chi connectivity index (χ4n) is 5.50. The molecule has 0 spiro atoms. The second-order valence-corrected chi connectivity index (χ2v) is 8.01. The second-order valence-electron chi connectivity index (χ2n) is 8.01. The molecule has 1 heterocycles. The Labute approximate surface area is 162 Å². The molecule has 0 N–H and O–H groups in total. The molecule has 0 aromatic heterocycles. The lowest BCUT2D eigenvalue weighted by molar-refractivity contribution is 0.000497. The smallest absolute Gasteiger partial charge is 0.110 e. The van der Waals surface area contributed by atoms with Crippen molar-refractivity contribution in [2.75, 3.05) is 20.2 Å². The molecule has 1 saturated carbocycles. The highest BCUT2D eigenvalue weighted by Gasteiger charge is 2.40. The van der Waals surface area contributed by atoms with Gasteiger partial charge in [-0.05, 0) is 77.5 Å². The molecule has 138 valence electrons. The SMILES string of the molecule is CO[C@H]1CCCN1CC1=C(c2ccc3ccccc3c2)C2CCC1C2.Cl. The highest BCUT2D eigenvalue weighted by atomic mass is 35.5. The van der Waals surface area contributed by atoms with Gasteiger partial charge in [-0.2, -0.15) is 0 Å². The Bertz CT molecular complexity index is 830. The van der Waals surface area contributed by atoms with E-state index in [2.05, 4.69) is 47.4 Å². The number of rotatable bonds is 4. The van der Waals surface area contributed by atoms with Crippen LogP contribution < -0.4 is 0 Å². The average molecular weight is 370 g/mol. The summed E-state index contributed by atoms with van der Waals surface area (Å²) in [6, 6.07) is 15.8. The molecular weight excluding hydrogens is 342 g/mol. The van der Waals surface area contributed by atoms with Crippen molar-refractivity contribution in [3.05, 3.63) is 53.6 Å². The Balaban J connectivity index is 0.00000168. The predicted octanol–water partition coefficient (Wildman–Crippen LogP) is 5.51. The van der Waals surface area contributed by atoms with Gasteiger partial charge in [0.1, 0.15) is 6.23 Å². The average Bonchev–Trinajstić information content (AvgIpc) is 3.37. The molecule has 3 heteroatoms. The van der Waals surface area contributed by atoms with Gasteiger partial charge in [0.2, 0.25) is 0 Å². The van der Waals surface area contributed by atoms with Crippen LogP contribution in [0.5, 0.6) is 0 Å². The summed E-state index contributed by atoms with van der Waals surface area (Å²) in [4.78, 5) is 2.57. The van der Waals surface area contributed by atoms with Crippen LogP contribution in [0.4, 0.5) is 0 Å². The van der Waals surface area contributed by atoms with Gasteiger partial charge >= 0.3 is 0 Å².